The molecule has 0 spiro atoms. The van der Waals surface area contributed by atoms with Gasteiger partial charge >= 0.3 is 0 Å². The Morgan fingerprint density at radius 3 is 2.50 bits per heavy atom. The number of aryl methyl sites for hydroxylation is 1. The first-order valence-electron chi connectivity index (χ1n) is 8.69. The molecule has 0 radical (unpaired) electrons. The van der Waals surface area contributed by atoms with E-state index in [1.165, 1.54) is 12.1 Å². The van der Waals surface area contributed by atoms with Gasteiger partial charge in [0.1, 0.15) is 5.82 Å². The molecule has 0 saturated heterocycles. The maximum absolute atomic E-state index is 12.0. The summed E-state index contributed by atoms with van der Waals surface area (Å²) in [5, 5.41) is 8.37. The van der Waals surface area contributed by atoms with Gasteiger partial charge in [0.05, 0.1) is 15.8 Å². The Labute approximate surface area is 161 Å². The van der Waals surface area contributed by atoms with Crippen LogP contribution in [-0.4, -0.2) is 30.8 Å². The highest BCUT2D eigenvalue weighted by atomic mass is 32.2. The van der Waals surface area contributed by atoms with E-state index < -0.39 is 10.0 Å². The summed E-state index contributed by atoms with van der Waals surface area (Å²) in [4.78, 5) is 31.2. The molecular weight excluding hydrogens is 380 g/mol. The zero-order valence-corrected chi connectivity index (χ0v) is 15.8. The van der Waals surface area contributed by atoms with Crippen LogP contribution < -0.4 is 16.0 Å². The summed E-state index contributed by atoms with van der Waals surface area (Å²) in [5.74, 6) is 0.314. The van der Waals surface area contributed by atoms with Gasteiger partial charge in [0.15, 0.2) is 0 Å². The lowest BCUT2D eigenvalue weighted by Gasteiger charge is -2.06. The smallest absolute Gasteiger partial charge is 0.258 e. The molecule has 3 aromatic rings. The highest BCUT2D eigenvalue weighted by Crippen LogP contribution is 2.09. The van der Waals surface area contributed by atoms with Gasteiger partial charge in [-0.25, -0.2) is 18.5 Å². The number of fused-ring (bicyclic) bond motifs is 1. The molecule has 0 aliphatic heterocycles. The van der Waals surface area contributed by atoms with Gasteiger partial charge in [-0.3, -0.25) is 9.59 Å². The van der Waals surface area contributed by atoms with E-state index in [2.05, 4.69) is 15.3 Å². The number of rotatable bonds is 7. The third-order valence-corrected chi connectivity index (χ3v) is 5.17. The minimum Gasteiger partial charge on any atom is -0.356 e. The van der Waals surface area contributed by atoms with Crippen LogP contribution in [0.15, 0.2) is 58.2 Å². The predicted molar refractivity (Wildman–Crippen MR) is 105 cm³/mol. The quantitative estimate of drug-likeness (QED) is 0.541. The monoisotopic (exact) mass is 400 g/mol. The third kappa shape index (κ3) is 5.02. The molecule has 0 aliphatic rings. The van der Waals surface area contributed by atoms with Crippen molar-refractivity contribution in [2.75, 3.05) is 6.54 Å². The summed E-state index contributed by atoms with van der Waals surface area (Å²) in [6.07, 6.45) is 1.09. The summed E-state index contributed by atoms with van der Waals surface area (Å²) < 4.78 is 22.4. The Hall–Kier alpha value is -3.04. The van der Waals surface area contributed by atoms with Crippen molar-refractivity contribution in [1.82, 2.24) is 15.3 Å². The zero-order chi connectivity index (χ0) is 20.1. The van der Waals surface area contributed by atoms with Crippen molar-refractivity contribution in [3.63, 3.8) is 0 Å². The van der Waals surface area contributed by atoms with Crippen molar-refractivity contribution >= 4 is 26.8 Å². The molecule has 2 aromatic carbocycles. The molecular formula is C19H20N4O4S. The molecule has 8 nitrogen and oxygen atoms in total. The first-order valence-corrected chi connectivity index (χ1v) is 10.2. The fourth-order valence-corrected chi connectivity index (χ4v) is 3.28. The Morgan fingerprint density at radius 1 is 1.07 bits per heavy atom. The second kappa shape index (κ2) is 8.32. The fraction of sp³-hybridized carbons (Fsp3) is 0.211. The minimum atomic E-state index is -3.71. The van der Waals surface area contributed by atoms with Crippen molar-refractivity contribution in [1.29, 1.82) is 0 Å². The number of hydrogen-bond donors (Lipinski definition) is 3. The number of nitrogens with zero attached hydrogens (tertiary/aromatic N) is 1. The molecule has 1 heterocycles. The average molecular weight is 400 g/mol. The molecule has 146 valence electrons. The van der Waals surface area contributed by atoms with E-state index in [4.69, 9.17) is 5.14 Å². The molecule has 0 aliphatic carbocycles. The van der Waals surface area contributed by atoms with Crippen molar-refractivity contribution in [3.05, 3.63) is 70.3 Å². The van der Waals surface area contributed by atoms with Gasteiger partial charge in [-0.1, -0.05) is 24.3 Å². The van der Waals surface area contributed by atoms with Gasteiger partial charge in [-0.05, 0) is 36.2 Å². The average Bonchev–Trinajstić information content (AvgIpc) is 2.66. The Bertz CT molecular complexity index is 1150. The van der Waals surface area contributed by atoms with Gasteiger partial charge in [0.2, 0.25) is 15.9 Å². The number of carbonyl (C=O) groups excluding carboxylic acids is 1. The highest BCUT2D eigenvalue weighted by Gasteiger charge is 2.08. The number of carbonyl (C=O) groups is 1. The maximum atomic E-state index is 12.0. The summed E-state index contributed by atoms with van der Waals surface area (Å²) >= 11 is 0. The summed E-state index contributed by atoms with van der Waals surface area (Å²) in [7, 11) is -3.71. The number of aromatic nitrogens is 2. The molecule has 4 N–H and O–H groups in total. The molecule has 0 saturated carbocycles. The number of amides is 1. The molecule has 3 rings (SSSR count). The zero-order valence-electron chi connectivity index (χ0n) is 15.0. The first kappa shape index (κ1) is 19.7. The molecule has 0 fully saturated rings. The molecule has 0 bridgehead atoms. The number of para-hydroxylation sites is 1. The number of aromatic amines is 1. The summed E-state index contributed by atoms with van der Waals surface area (Å²) in [5.41, 5.74) is 1.27. The normalized spacial score (nSPS) is 11.5. The lowest BCUT2D eigenvalue weighted by atomic mass is 10.1. The second-order valence-corrected chi connectivity index (χ2v) is 7.88. The largest absolute Gasteiger partial charge is 0.356 e. The number of benzene rings is 2. The van der Waals surface area contributed by atoms with Crippen LogP contribution >= 0.6 is 0 Å². The Balaban J connectivity index is 1.49. The second-order valence-electron chi connectivity index (χ2n) is 6.32. The topological polar surface area (TPSA) is 135 Å². The van der Waals surface area contributed by atoms with Gasteiger partial charge in [0, 0.05) is 19.4 Å². The minimum absolute atomic E-state index is 0.0529. The number of nitrogens with two attached hydrogens (primary N) is 1. The van der Waals surface area contributed by atoms with Gasteiger partial charge < -0.3 is 10.3 Å². The number of sulfonamides is 1. The van der Waals surface area contributed by atoms with Crippen molar-refractivity contribution in [2.45, 2.75) is 24.2 Å². The summed E-state index contributed by atoms with van der Waals surface area (Å²) in [6, 6.07) is 13.2. The summed E-state index contributed by atoms with van der Waals surface area (Å²) in [6.45, 7) is 0.412. The Kier molecular flexibility index (Phi) is 5.86. The lowest BCUT2D eigenvalue weighted by molar-refractivity contribution is -0.121. The molecule has 0 atom stereocenters. The van der Waals surface area contributed by atoms with E-state index in [-0.39, 0.29) is 22.8 Å². The van der Waals surface area contributed by atoms with E-state index in [1.54, 1.807) is 36.4 Å². The van der Waals surface area contributed by atoms with Gasteiger partial charge in [-0.15, -0.1) is 0 Å². The van der Waals surface area contributed by atoms with Crippen LogP contribution in [-0.2, 0) is 27.7 Å². The van der Waals surface area contributed by atoms with E-state index >= 15 is 0 Å². The standard InChI is InChI=1S/C19H20N4O4S/c20-28(26,27)14-7-5-13(6-8-14)11-12-21-18(24)10-9-17-22-16-4-2-1-3-15(16)19(25)23-17/h1-8H,9-12H2,(H,21,24)(H2,20,26,27)(H,22,23,25). The first-order chi connectivity index (χ1) is 13.3. The van der Waals surface area contributed by atoms with Gasteiger partial charge in [0.25, 0.3) is 5.56 Å². The Morgan fingerprint density at radius 2 is 1.79 bits per heavy atom. The third-order valence-electron chi connectivity index (χ3n) is 4.24. The lowest BCUT2D eigenvalue weighted by Crippen LogP contribution is -2.26. The van der Waals surface area contributed by atoms with Crippen LogP contribution in [0.3, 0.4) is 0 Å². The molecule has 0 unspecified atom stereocenters. The fourth-order valence-electron chi connectivity index (χ4n) is 2.77. The van der Waals surface area contributed by atoms with Crippen LogP contribution in [0.2, 0.25) is 0 Å². The number of H-pyrrole nitrogens is 1. The van der Waals surface area contributed by atoms with Crippen LogP contribution in [0, 0.1) is 0 Å². The van der Waals surface area contributed by atoms with Crippen molar-refractivity contribution in [3.8, 4) is 0 Å². The molecule has 1 amide bonds. The SMILES string of the molecule is NS(=O)(=O)c1ccc(CCNC(=O)CCc2nc3ccccc3c(=O)[nH]2)cc1. The number of primary sulfonamides is 1. The van der Waals surface area contributed by atoms with Crippen LogP contribution in [0.1, 0.15) is 17.8 Å². The van der Waals surface area contributed by atoms with Crippen molar-refractivity contribution in [2.24, 2.45) is 5.14 Å². The van der Waals surface area contributed by atoms with Gasteiger partial charge in [-0.2, -0.15) is 0 Å². The van der Waals surface area contributed by atoms with Crippen LogP contribution in [0.25, 0.3) is 10.9 Å². The molecule has 1 aromatic heterocycles. The van der Waals surface area contributed by atoms with E-state index in [9.17, 15) is 18.0 Å². The number of hydrogen-bond acceptors (Lipinski definition) is 5. The van der Waals surface area contributed by atoms with E-state index in [1.807, 2.05) is 0 Å². The number of nitrogens with one attached hydrogen (secondary N) is 2. The van der Waals surface area contributed by atoms with Crippen molar-refractivity contribution < 1.29 is 13.2 Å². The van der Waals surface area contributed by atoms with E-state index in [0.717, 1.165) is 5.56 Å². The van der Waals surface area contributed by atoms with E-state index in [0.29, 0.717) is 36.1 Å². The maximum Gasteiger partial charge on any atom is 0.258 e. The predicted octanol–water partition coefficient (Wildman–Crippen LogP) is 0.862. The van der Waals surface area contributed by atoms with Crippen LogP contribution in [0.4, 0.5) is 0 Å². The van der Waals surface area contributed by atoms with Crippen LogP contribution in [0.5, 0.6) is 0 Å². The molecule has 9 heteroatoms. The molecule has 28 heavy (non-hydrogen) atoms. The highest BCUT2D eigenvalue weighted by molar-refractivity contribution is 7.89.